The van der Waals surface area contributed by atoms with Crippen molar-refractivity contribution in [1.82, 2.24) is 10.6 Å². The average molecular weight is 541 g/mol. The van der Waals surface area contributed by atoms with Gasteiger partial charge in [0.15, 0.2) is 0 Å². The highest BCUT2D eigenvalue weighted by Crippen LogP contribution is 2.13. The lowest BCUT2D eigenvalue weighted by Gasteiger charge is -2.22. The van der Waals surface area contributed by atoms with Gasteiger partial charge in [0, 0.05) is 6.42 Å². The molecule has 2 rings (SSSR count). The number of carboxylic acids is 1. The fourth-order valence-corrected chi connectivity index (χ4v) is 3.01. The molecule has 38 heavy (non-hydrogen) atoms. The first-order valence-corrected chi connectivity index (χ1v) is 11.5. The first kappa shape index (κ1) is 31.9. The Morgan fingerprint density at radius 3 is 1.87 bits per heavy atom. The topological polar surface area (TPSA) is 174 Å². The Labute approximate surface area is 217 Å². The Hall–Kier alpha value is -4.13. The van der Waals surface area contributed by atoms with Crippen LogP contribution in [0.1, 0.15) is 30.4 Å². The number of ether oxygens (including phenoxy) is 1. The number of hydrogen-bond acceptors (Lipinski definition) is 6. The van der Waals surface area contributed by atoms with Crippen molar-refractivity contribution >= 4 is 23.9 Å². The molecule has 0 radical (unpaired) electrons. The summed E-state index contributed by atoms with van der Waals surface area (Å²) in [6.07, 6.45) is -3.84. The van der Waals surface area contributed by atoms with Crippen LogP contribution in [0, 0.1) is 0 Å². The van der Waals surface area contributed by atoms with Gasteiger partial charge in [0.25, 0.3) is 0 Å². The second kappa shape index (κ2) is 16.6. The quantitative estimate of drug-likeness (QED) is 0.257. The van der Waals surface area contributed by atoms with Gasteiger partial charge in [-0.05, 0) is 36.9 Å². The number of aliphatic carboxylic acids is 1. The zero-order valence-corrected chi connectivity index (χ0v) is 20.4. The van der Waals surface area contributed by atoms with Gasteiger partial charge in [0.2, 0.25) is 11.8 Å². The van der Waals surface area contributed by atoms with Crippen LogP contribution in [0.4, 0.5) is 18.0 Å². The van der Waals surface area contributed by atoms with Gasteiger partial charge in [0.05, 0.1) is 0 Å². The molecule has 0 heterocycles. The minimum Gasteiger partial charge on any atom is -0.475 e. The van der Waals surface area contributed by atoms with Crippen molar-refractivity contribution < 1.29 is 42.2 Å². The van der Waals surface area contributed by atoms with Crippen LogP contribution in [0.15, 0.2) is 60.7 Å². The van der Waals surface area contributed by atoms with Crippen LogP contribution in [-0.2, 0) is 32.1 Å². The van der Waals surface area contributed by atoms with Gasteiger partial charge in [-0.25, -0.2) is 9.59 Å². The highest BCUT2D eigenvalue weighted by molar-refractivity contribution is 5.90. The van der Waals surface area contributed by atoms with Gasteiger partial charge >= 0.3 is 18.2 Å². The van der Waals surface area contributed by atoms with Crippen LogP contribution in [0.25, 0.3) is 0 Å². The zero-order chi connectivity index (χ0) is 28.6. The Bertz CT molecular complexity index is 1020. The van der Waals surface area contributed by atoms with E-state index in [9.17, 15) is 27.6 Å². The maximum atomic E-state index is 12.8. The second-order valence-electron chi connectivity index (χ2n) is 8.00. The molecule has 0 aliphatic carbocycles. The zero-order valence-electron chi connectivity index (χ0n) is 20.4. The normalized spacial score (nSPS) is 12.2. The van der Waals surface area contributed by atoms with Gasteiger partial charge in [0.1, 0.15) is 18.7 Å². The maximum absolute atomic E-state index is 12.8. The molecule has 208 valence electrons. The highest BCUT2D eigenvalue weighted by atomic mass is 19.4. The van der Waals surface area contributed by atoms with Crippen LogP contribution < -0.4 is 22.1 Å². The molecule has 13 heteroatoms. The van der Waals surface area contributed by atoms with Gasteiger partial charge in [-0.15, -0.1) is 0 Å². The molecule has 0 bridgehead atoms. The number of unbranched alkanes of at least 4 members (excludes halogenated alkanes) is 1. The number of rotatable bonds is 12. The number of carboxylic acid groups (broad SMARTS) is 1. The van der Waals surface area contributed by atoms with Crippen LogP contribution in [-0.4, -0.2) is 53.8 Å². The molecule has 2 aromatic carbocycles. The predicted molar refractivity (Wildman–Crippen MR) is 131 cm³/mol. The number of hydrogen-bond donors (Lipinski definition) is 5. The van der Waals surface area contributed by atoms with E-state index in [-0.39, 0.29) is 13.0 Å². The minimum absolute atomic E-state index is 0.0851. The van der Waals surface area contributed by atoms with Crippen LogP contribution in [0.3, 0.4) is 0 Å². The number of alkyl carbamates (subject to hydrolysis) is 1. The Balaban J connectivity index is 0.000000905. The standard InChI is InChI=1S/C23H30N4O4.C2HF3O2/c24-14-8-7-13-19(27-23(30)31-16-18-11-5-2-6-12-18)22(29)26-20(21(25)28)15-17-9-3-1-4-10-17;3-2(4,5)1(6)7/h1-6,9-12,19-20H,7-8,13-16,24H2,(H2,25,28)(H,26,29)(H,27,30);(H,6,7)/t19-,20-;/m0./s1. The molecule has 2 aromatic rings. The van der Waals surface area contributed by atoms with E-state index in [1.165, 1.54) is 0 Å². The van der Waals surface area contributed by atoms with Crippen molar-refractivity contribution in [3.63, 3.8) is 0 Å². The van der Waals surface area contributed by atoms with Crippen LogP contribution >= 0.6 is 0 Å². The number of alkyl halides is 3. The van der Waals surface area contributed by atoms with Crippen molar-refractivity contribution in [1.29, 1.82) is 0 Å². The lowest BCUT2D eigenvalue weighted by molar-refractivity contribution is -0.192. The summed E-state index contributed by atoms with van der Waals surface area (Å²) in [6, 6.07) is 16.7. The Kier molecular flexibility index (Phi) is 13.9. The van der Waals surface area contributed by atoms with Crippen molar-refractivity contribution in [2.75, 3.05) is 6.54 Å². The summed E-state index contributed by atoms with van der Waals surface area (Å²) in [4.78, 5) is 45.9. The number of carbonyl (C=O) groups excluding carboxylic acids is 3. The molecule has 3 amide bonds. The van der Waals surface area contributed by atoms with E-state index < -0.39 is 42.1 Å². The summed E-state index contributed by atoms with van der Waals surface area (Å²) < 4.78 is 37.0. The van der Waals surface area contributed by atoms with E-state index in [1.54, 1.807) is 0 Å². The first-order valence-electron chi connectivity index (χ1n) is 11.5. The molecule has 2 atom stereocenters. The number of primary amides is 1. The predicted octanol–water partition coefficient (Wildman–Crippen LogP) is 2.26. The molecule has 10 nitrogen and oxygen atoms in total. The summed E-state index contributed by atoms with van der Waals surface area (Å²) in [6.45, 7) is 0.562. The van der Waals surface area contributed by atoms with E-state index in [4.69, 9.17) is 26.1 Å². The maximum Gasteiger partial charge on any atom is 0.490 e. The van der Waals surface area contributed by atoms with Gasteiger partial charge in [-0.1, -0.05) is 60.7 Å². The number of nitrogens with two attached hydrogens (primary N) is 2. The third kappa shape index (κ3) is 13.3. The monoisotopic (exact) mass is 540 g/mol. The minimum atomic E-state index is -5.08. The third-order valence-electron chi connectivity index (χ3n) is 4.95. The van der Waals surface area contributed by atoms with Crippen molar-refractivity contribution in [2.45, 2.75) is 50.6 Å². The number of halogens is 3. The molecule has 0 aliphatic heterocycles. The van der Waals surface area contributed by atoms with E-state index in [0.717, 1.165) is 11.1 Å². The fourth-order valence-electron chi connectivity index (χ4n) is 3.01. The lowest BCUT2D eigenvalue weighted by atomic mass is 10.0. The lowest BCUT2D eigenvalue weighted by Crippen LogP contribution is -2.53. The summed E-state index contributed by atoms with van der Waals surface area (Å²) >= 11 is 0. The van der Waals surface area contributed by atoms with Crippen molar-refractivity contribution in [3.8, 4) is 0 Å². The summed E-state index contributed by atoms with van der Waals surface area (Å²) in [5.74, 6) is -3.90. The SMILES string of the molecule is NCCCC[C@H](NC(=O)OCc1ccccc1)C(=O)N[C@@H](Cc1ccccc1)C(N)=O.O=C(O)C(F)(F)F. The molecule has 0 fully saturated rings. The molecule has 7 N–H and O–H groups in total. The molecular weight excluding hydrogens is 509 g/mol. The smallest absolute Gasteiger partial charge is 0.475 e. The van der Waals surface area contributed by atoms with Crippen LogP contribution in [0.2, 0.25) is 0 Å². The highest BCUT2D eigenvalue weighted by Gasteiger charge is 2.38. The van der Waals surface area contributed by atoms with Gasteiger partial charge in [-0.2, -0.15) is 13.2 Å². The van der Waals surface area contributed by atoms with Crippen LogP contribution in [0.5, 0.6) is 0 Å². The fraction of sp³-hybridized carbons (Fsp3) is 0.360. The number of benzene rings is 2. The summed E-state index contributed by atoms with van der Waals surface area (Å²) in [7, 11) is 0. The second-order valence-corrected chi connectivity index (χ2v) is 8.00. The molecule has 0 saturated heterocycles. The van der Waals surface area contributed by atoms with E-state index >= 15 is 0 Å². The van der Waals surface area contributed by atoms with Gasteiger partial charge in [-0.3, -0.25) is 9.59 Å². The molecular formula is C25H31F3N4O6. The first-order chi connectivity index (χ1) is 17.9. The van der Waals surface area contributed by atoms with Crippen molar-refractivity contribution in [2.24, 2.45) is 11.5 Å². The molecule has 0 unspecified atom stereocenters. The largest absolute Gasteiger partial charge is 0.490 e. The van der Waals surface area contributed by atoms with Crippen molar-refractivity contribution in [3.05, 3.63) is 71.8 Å². The molecule has 0 spiro atoms. The number of nitrogens with one attached hydrogen (secondary N) is 2. The van der Waals surface area contributed by atoms with E-state index in [1.807, 2.05) is 60.7 Å². The molecule has 0 aliphatic rings. The van der Waals surface area contributed by atoms with E-state index in [2.05, 4.69) is 10.6 Å². The summed E-state index contributed by atoms with van der Waals surface area (Å²) in [5, 5.41) is 12.4. The third-order valence-corrected chi connectivity index (χ3v) is 4.95. The average Bonchev–Trinajstić information content (AvgIpc) is 2.87. The number of carbonyl (C=O) groups is 4. The number of amides is 3. The summed E-state index contributed by atoms with van der Waals surface area (Å²) in [5.41, 5.74) is 12.7. The van der Waals surface area contributed by atoms with E-state index in [0.29, 0.717) is 25.8 Å². The van der Waals surface area contributed by atoms with Gasteiger partial charge < -0.3 is 31.9 Å². The Morgan fingerprint density at radius 2 is 1.39 bits per heavy atom. The Morgan fingerprint density at radius 1 is 0.868 bits per heavy atom. The molecule has 0 saturated carbocycles. The molecule has 0 aromatic heterocycles.